The van der Waals surface area contributed by atoms with E-state index in [9.17, 15) is 4.79 Å². The highest BCUT2D eigenvalue weighted by Crippen LogP contribution is 2.50. The molecule has 2 aliphatic rings. The molecule has 2 bridgehead atoms. The van der Waals surface area contributed by atoms with Gasteiger partial charge in [0.15, 0.2) is 0 Å². The van der Waals surface area contributed by atoms with Gasteiger partial charge in [-0.25, -0.2) is 0 Å². The Bertz CT molecular complexity index is 350. The molecule has 4 unspecified atom stereocenters. The molecule has 1 amide bonds. The van der Waals surface area contributed by atoms with Gasteiger partial charge in [0.1, 0.15) is 0 Å². The zero-order chi connectivity index (χ0) is 13.4. The van der Waals surface area contributed by atoms with Crippen LogP contribution in [0.15, 0.2) is 4.99 Å². The number of nitrogens with zero attached hydrogens (tertiary/aromatic N) is 1. The SMILES string of the molecule is CC(C)C(=NC1C2CCC(C2)C1C(N)=O)C(C)C. The first-order valence-electron chi connectivity index (χ1n) is 7.28. The van der Waals surface area contributed by atoms with Gasteiger partial charge in [0, 0.05) is 5.71 Å². The maximum Gasteiger partial charge on any atom is 0.222 e. The van der Waals surface area contributed by atoms with Crippen LogP contribution < -0.4 is 5.73 Å². The molecule has 3 nitrogen and oxygen atoms in total. The molecule has 102 valence electrons. The van der Waals surface area contributed by atoms with Gasteiger partial charge in [-0.3, -0.25) is 9.79 Å². The van der Waals surface area contributed by atoms with Crippen LogP contribution in [0.5, 0.6) is 0 Å². The van der Waals surface area contributed by atoms with Gasteiger partial charge in [-0.1, -0.05) is 27.7 Å². The summed E-state index contributed by atoms with van der Waals surface area (Å²) in [6, 6.07) is 0.168. The maximum absolute atomic E-state index is 11.7. The van der Waals surface area contributed by atoms with Crippen LogP contribution in [0.25, 0.3) is 0 Å². The molecular formula is C15H26N2O. The number of rotatable bonds is 4. The van der Waals surface area contributed by atoms with Crippen LogP contribution in [-0.2, 0) is 4.79 Å². The van der Waals surface area contributed by atoms with Crippen molar-refractivity contribution in [3.8, 4) is 0 Å². The number of hydrogen-bond acceptors (Lipinski definition) is 2. The van der Waals surface area contributed by atoms with E-state index in [0.717, 1.165) is 6.42 Å². The Kier molecular flexibility index (Phi) is 3.79. The molecule has 0 saturated heterocycles. The van der Waals surface area contributed by atoms with Gasteiger partial charge >= 0.3 is 0 Å². The fourth-order valence-electron chi connectivity index (χ4n) is 3.98. The lowest BCUT2D eigenvalue weighted by molar-refractivity contribution is -0.123. The van der Waals surface area contributed by atoms with Crippen LogP contribution >= 0.6 is 0 Å². The average Bonchev–Trinajstić information content (AvgIpc) is 2.83. The number of hydrogen-bond donors (Lipinski definition) is 1. The van der Waals surface area contributed by atoms with Gasteiger partial charge in [-0.15, -0.1) is 0 Å². The summed E-state index contributed by atoms with van der Waals surface area (Å²) in [6.45, 7) is 8.74. The molecule has 0 spiro atoms. The largest absolute Gasteiger partial charge is 0.369 e. The molecule has 0 heterocycles. The van der Waals surface area contributed by atoms with E-state index in [1.807, 2.05) is 0 Å². The third kappa shape index (κ3) is 2.32. The predicted molar refractivity (Wildman–Crippen MR) is 74.4 cm³/mol. The second kappa shape index (κ2) is 5.02. The Labute approximate surface area is 110 Å². The lowest BCUT2D eigenvalue weighted by atomic mass is 9.83. The Morgan fingerprint density at radius 3 is 2.17 bits per heavy atom. The van der Waals surface area contributed by atoms with E-state index in [-0.39, 0.29) is 17.9 Å². The molecule has 2 fully saturated rings. The first-order valence-corrected chi connectivity index (χ1v) is 7.28. The van der Waals surface area contributed by atoms with Gasteiger partial charge in [-0.05, 0) is 42.9 Å². The zero-order valence-corrected chi connectivity index (χ0v) is 12.0. The molecule has 2 N–H and O–H groups in total. The molecule has 18 heavy (non-hydrogen) atoms. The van der Waals surface area contributed by atoms with Crippen molar-refractivity contribution in [1.82, 2.24) is 0 Å². The lowest BCUT2D eigenvalue weighted by Gasteiger charge is -2.28. The zero-order valence-electron chi connectivity index (χ0n) is 12.0. The quantitative estimate of drug-likeness (QED) is 0.766. The number of primary amides is 1. The fraction of sp³-hybridized carbons (Fsp3) is 0.867. The summed E-state index contributed by atoms with van der Waals surface area (Å²) >= 11 is 0. The van der Waals surface area contributed by atoms with Crippen molar-refractivity contribution >= 4 is 11.6 Å². The molecule has 3 heteroatoms. The van der Waals surface area contributed by atoms with Gasteiger partial charge < -0.3 is 5.73 Å². The minimum atomic E-state index is -0.136. The van der Waals surface area contributed by atoms with Crippen molar-refractivity contribution in [2.45, 2.75) is 53.0 Å². The Balaban J connectivity index is 2.25. The highest BCUT2D eigenvalue weighted by Gasteiger charge is 2.50. The van der Waals surface area contributed by atoms with Crippen molar-refractivity contribution in [1.29, 1.82) is 0 Å². The van der Waals surface area contributed by atoms with Crippen molar-refractivity contribution in [2.24, 2.45) is 40.3 Å². The summed E-state index contributed by atoms with van der Waals surface area (Å²) in [6.07, 6.45) is 3.56. The topological polar surface area (TPSA) is 55.4 Å². The Hall–Kier alpha value is -0.860. The lowest BCUT2D eigenvalue weighted by Crippen LogP contribution is -2.38. The molecule has 2 saturated carbocycles. The van der Waals surface area contributed by atoms with Gasteiger partial charge in [0.25, 0.3) is 0 Å². The molecule has 0 aromatic heterocycles. The van der Waals surface area contributed by atoms with Crippen LogP contribution in [-0.4, -0.2) is 17.7 Å². The first kappa shape index (κ1) is 13.6. The minimum absolute atomic E-state index is 0.00347. The normalized spacial score (nSPS) is 34.3. The van der Waals surface area contributed by atoms with Crippen LogP contribution in [0.3, 0.4) is 0 Å². The van der Waals surface area contributed by atoms with E-state index in [2.05, 4.69) is 27.7 Å². The summed E-state index contributed by atoms with van der Waals surface area (Å²) in [5, 5.41) is 0. The predicted octanol–water partition coefficient (Wildman–Crippen LogP) is 2.64. The summed E-state index contributed by atoms with van der Waals surface area (Å²) in [7, 11) is 0. The average molecular weight is 250 g/mol. The van der Waals surface area contributed by atoms with Gasteiger partial charge in [0.2, 0.25) is 5.91 Å². The maximum atomic E-state index is 11.7. The standard InChI is InChI=1S/C15H26N2O/c1-8(2)13(9(3)4)17-14-11-6-5-10(7-11)12(14)15(16)18/h8-12,14H,5-7H2,1-4H3,(H2,16,18). The third-order valence-corrected chi connectivity index (χ3v) is 4.68. The van der Waals surface area contributed by atoms with Crippen LogP contribution in [0.2, 0.25) is 0 Å². The van der Waals surface area contributed by atoms with E-state index in [1.54, 1.807) is 0 Å². The second-order valence-electron chi connectivity index (χ2n) is 6.62. The molecule has 4 atom stereocenters. The van der Waals surface area contributed by atoms with E-state index in [4.69, 9.17) is 10.7 Å². The van der Waals surface area contributed by atoms with Gasteiger partial charge in [-0.2, -0.15) is 0 Å². The van der Waals surface area contributed by atoms with E-state index in [1.165, 1.54) is 18.6 Å². The first-order chi connectivity index (χ1) is 8.41. The second-order valence-corrected chi connectivity index (χ2v) is 6.62. The molecule has 2 aliphatic carbocycles. The highest BCUT2D eigenvalue weighted by atomic mass is 16.1. The van der Waals surface area contributed by atoms with E-state index >= 15 is 0 Å². The molecule has 0 aromatic carbocycles. The fourth-order valence-corrected chi connectivity index (χ4v) is 3.98. The summed E-state index contributed by atoms with van der Waals surface area (Å²) < 4.78 is 0. The monoisotopic (exact) mass is 250 g/mol. The number of aliphatic imine (C=N–C) groups is 1. The minimum Gasteiger partial charge on any atom is -0.369 e. The van der Waals surface area contributed by atoms with Crippen molar-refractivity contribution in [2.75, 3.05) is 0 Å². The number of carbonyl (C=O) groups is 1. The van der Waals surface area contributed by atoms with E-state index < -0.39 is 0 Å². The van der Waals surface area contributed by atoms with Crippen LogP contribution in [0, 0.1) is 29.6 Å². The number of amides is 1. The smallest absolute Gasteiger partial charge is 0.222 e. The third-order valence-electron chi connectivity index (χ3n) is 4.68. The van der Waals surface area contributed by atoms with E-state index in [0.29, 0.717) is 23.7 Å². The van der Waals surface area contributed by atoms with Crippen molar-refractivity contribution in [3.63, 3.8) is 0 Å². The van der Waals surface area contributed by atoms with Crippen molar-refractivity contribution < 1.29 is 4.79 Å². The summed E-state index contributed by atoms with van der Waals surface area (Å²) in [5.41, 5.74) is 6.84. The Morgan fingerprint density at radius 2 is 1.67 bits per heavy atom. The summed E-state index contributed by atoms with van der Waals surface area (Å²) in [5.74, 6) is 1.87. The molecular weight excluding hydrogens is 224 g/mol. The van der Waals surface area contributed by atoms with Crippen molar-refractivity contribution in [3.05, 3.63) is 0 Å². The van der Waals surface area contributed by atoms with Crippen LogP contribution in [0.1, 0.15) is 47.0 Å². The molecule has 0 aliphatic heterocycles. The Morgan fingerprint density at radius 1 is 1.11 bits per heavy atom. The van der Waals surface area contributed by atoms with Crippen LogP contribution in [0.4, 0.5) is 0 Å². The molecule has 2 rings (SSSR count). The summed E-state index contributed by atoms with van der Waals surface area (Å²) in [4.78, 5) is 16.7. The molecule has 0 radical (unpaired) electrons. The van der Waals surface area contributed by atoms with Gasteiger partial charge in [0.05, 0.1) is 12.0 Å². The highest BCUT2D eigenvalue weighted by molar-refractivity contribution is 5.88. The number of fused-ring (bicyclic) bond motifs is 2. The number of nitrogens with two attached hydrogens (primary N) is 1. The number of carbonyl (C=O) groups excluding carboxylic acids is 1. The molecule has 0 aromatic rings.